The van der Waals surface area contributed by atoms with Gasteiger partial charge in [-0.3, -0.25) is 4.79 Å². The lowest BCUT2D eigenvalue weighted by atomic mass is 9.97. The molecule has 2 N–H and O–H groups in total. The van der Waals surface area contributed by atoms with Gasteiger partial charge in [0.2, 0.25) is 5.91 Å². The molecule has 0 fully saturated rings. The Bertz CT molecular complexity index is 478. The summed E-state index contributed by atoms with van der Waals surface area (Å²) in [6.45, 7) is 4.91. The maximum atomic E-state index is 12.2. The average Bonchev–Trinajstić information content (AvgIpc) is 2.93. The van der Waals surface area contributed by atoms with Crippen LogP contribution in [0.5, 0.6) is 0 Å². The third kappa shape index (κ3) is 6.79. The Morgan fingerprint density at radius 3 is 2.67 bits per heavy atom. The number of thiophene rings is 1. The second-order valence-corrected chi connectivity index (χ2v) is 6.20. The number of hydrogen-bond donors (Lipinski definition) is 2. The van der Waals surface area contributed by atoms with E-state index in [1.807, 2.05) is 12.1 Å². The summed E-state index contributed by atoms with van der Waals surface area (Å²) < 4.78 is 0. The zero-order valence-corrected chi connectivity index (χ0v) is 13.8. The van der Waals surface area contributed by atoms with E-state index in [4.69, 9.17) is 5.11 Å². The standard InChI is InChI=1S/C17H25NO2S/c1-3-7-14(8-4-2)17(20)18-13-16-11-10-15(21-16)9-5-6-12-19/h10-11,14,19H,3-4,6-8,12-13H2,1-2H3,(H,18,20). The van der Waals surface area contributed by atoms with Gasteiger partial charge in [-0.05, 0) is 25.0 Å². The van der Waals surface area contributed by atoms with Crippen molar-refractivity contribution in [1.29, 1.82) is 0 Å². The fourth-order valence-corrected chi connectivity index (χ4v) is 2.99. The third-order valence-electron chi connectivity index (χ3n) is 3.19. The monoisotopic (exact) mass is 307 g/mol. The molecule has 21 heavy (non-hydrogen) atoms. The van der Waals surface area contributed by atoms with Crippen LogP contribution in [0.1, 0.15) is 55.7 Å². The predicted molar refractivity (Wildman–Crippen MR) is 88.1 cm³/mol. The normalized spacial score (nSPS) is 10.3. The molecular formula is C17H25NO2S. The SMILES string of the molecule is CCCC(CCC)C(=O)NCc1ccc(C#CCCO)s1. The van der Waals surface area contributed by atoms with E-state index >= 15 is 0 Å². The van der Waals surface area contributed by atoms with Crippen LogP contribution in [-0.4, -0.2) is 17.6 Å². The second-order valence-electron chi connectivity index (χ2n) is 5.03. The summed E-state index contributed by atoms with van der Waals surface area (Å²) in [6.07, 6.45) is 4.51. The molecule has 1 aromatic heterocycles. The molecule has 0 saturated carbocycles. The van der Waals surface area contributed by atoms with Crippen molar-refractivity contribution in [3.05, 3.63) is 21.9 Å². The van der Waals surface area contributed by atoms with Crippen LogP contribution in [0.3, 0.4) is 0 Å². The fourth-order valence-electron chi connectivity index (χ4n) is 2.17. The Morgan fingerprint density at radius 2 is 2.05 bits per heavy atom. The molecule has 0 aliphatic heterocycles. The first kappa shape index (κ1) is 17.7. The quantitative estimate of drug-likeness (QED) is 0.724. The smallest absolute Gasteiger partial charge is 0.223 e. The summed E-state index contributed by atoms with van der Waals surface area (Å²) in [5.74, 6) is 6.23. The number of carbonyl (C=O) groups excluding carboxylic acids is 1. The second kappa shape index (κ2) is 10.4. The molecule has 0 saturated heterocycles. The minimum atomic E-state index is 0.0948. The first-order chi connectivity index (χ1) is 10.2. The molecule has 0 atom stereocenters. The van der Waals surface area contributed by atoms with Crippen LogP contribution in [0.2, 0.25) is 0 Å². The number of hydrogen-bond acceptors (Lipinski definition) is 3. The Morgan fingerprint density at radius 1 is 1.33 bits per heavy atom. The lowest BCUT2D eigenvalue weighted by molar-refractivity contribution is -0.125. The molecule has 0 bridgehead atoms. The molecule has 0 unspecified atom stereocenters. The minimum absolute atomic E-state index is 0.0948. The van der Waals surface area contributed by atoms with Gasteiger partial charge in [0.05, 0.1) is 18.0 Å². The minimum Gasteiger partial charge on any atom is -0.395 e. The van der Waals surface area contributed by atoms with Crippen molar-refractivity contribution >= 4 is 17.2 Å². The highest BCUT2D eigenvalue weighted by atomic mass is 32.1. The van der Waals surface area contributed by atoms with Crippen molar-refractivity contribution in [2.75, 3.05) is 6.61 Å². The summed E-state index contributed by atoms with van der Waals surface area (Å²) in [7, 11) is 0. The molecule has 4 heteroatoms. The van der Waals surface area contributed by atoms with Gasteiger partial charge in [0, 0.05) is 17.2 Å². The Balaban J connectivity index is 2.47. The van der Waals surface area contributed by atoms with Crippen LogP contribution >= 0.6 is 11.3 Å². The number of aliphatic hydroxyl groups excluding tert-OH is 1. The summed E-state index contributed by atoms with van der Waals surface area (Å²) in [4.78, 5) is 14.2. The zero-order chi connectivity index (χ0) is 15.5. The highest BCUT2D eigenvalue weighted by molar-refractivity contribution is 7.12. The molecule has 1 heterocycles. The van der Waals surface area contributed by atoms with E-state index in [1.54, 1.807) is 11.3 Å². The summed E-state index contributed by atoms with van der Waals surface area (Å²) in [5.41, 5.74) is 0. The molecule has 1 amide bonds. The molecule has 1 aromatic rings. The largest absolute Gasteiger partial charge is 0.395 e. The Labute approximate surface area is 131 Å². The van der Waals surface area contributed by atoms with Crippen LogP contribution in [-0.2, 0) is 11.3 Å². The molecule has 0 aliphatic rings. The average molecular weight is 307 g/mol. The molecule has 0 aliphatic carbocycles. The number of aliphatic hydroxyl groups is 1. The maximum absolute atomic E-state index is 12.2. The number of nitrogens with one attached hydrogen (secondary N) is 1. The van der Waals surface area contributed by atoms with Gasteiger partial charge in [-0.15, -0.1) is 11.3 Å². The Kier molecular flexibility index (Phi) is 8.80. The van der Waals surface area contributed by atoms with Crippen molar-refractivity contribution < 1.29 is 9.90 Å². The van der Waals surface area contributed by atoms with Gasteiger partial charge >= 0.3 is 0 Å². The molecule has 0 spiro atoms. The van der Waals surface area contributed by atoms with Gasteiger partial charge in [0.25, 0.3) is 0 Å². The van der Waals surface area contributed by atoms with Crippen LogP contribution in [0.25, 0.3) is 0 Å². The van der Waals surface area contributed by atoms with Crippen LogP contribution in [0.4, 0.5) is 0 Å². The zero-order valence-electron chi connectivity index (χ0n) is 12.9. The molecule has 3 nitrogen and oxygen atoms in total. The van der Waals surface area contributed by atoms with Gasteiger partial charge in [0.15, 0.2) is 0 Å². The van der Waals surface area contributed by atoms with Gasteiger partial charge in [-0.1, -0.05) is 38.5 Å². The highest BCUT2D eigenvalue weighted by Gasteiger charge is 2.16. The van der Waals surface area contributed by atoms with E-state index in [-0.39, 0.29) is 18.4 Å². The first-order valence-electron chi connectivity index (χ1n) is 7.67. The Hall–Kier alpha value is -1.31. The van der Waals surface area contributed by atoms with Crippen LogP contribution in [0, 0.1) is 17.8 Å². The van der Waals surface area contributed by atoms with E-state index in [2.05, 4.69) is 31.0 Å². The third-order valence-corrected chi connectivity index (χ3v) is 4.19. The van der Waals surface area contributed by atoms with E-state index < -0.39 is 0 Å². The van der Waals surface area contributed by atoms with E-state index in [9.17, 15) is 4.79 Å². The number of rotatable bonds is 8. The van der Waals surface area contributed by atoms with Gasteiger partial charge in [-0.2, -0.15) is 0 Å². The van der Waals surface area contributed by atoms with E-state index in [0.29, 0.717) is 13.0 Å². The van der Waals surface area contributed by atoms with E-state index in [0.717, 1.165) is 35.4 Å². The number of amides is 1. The van der Waals surface area contributed by atoms with Gasteiger partial charge in [0.1, 0.15) is 0 Å². The van der Waals surface area contributed by atoms with Crippen LogP contribution < -0.4 is 5.32 Å². The van der Waals surface area contributed by atoms with Gasteiger partial charge in [-0.25, -0.2) is 0 Å². The molecular weight excluding hydrogens is 282 g/mol. The molecule has 1 rings (SSSR count). The number of carbonyl (C=O) groups is 1. The first-order valence-corrected chi connectivity index (χ1v) is 8.49. The molecule has 0 aromatic carbocycles. The highest BCUT2D eigenvalue weighted by Crippen LogP contribution is 2.17. The lowest BCUT2D eigenvalue weighted by Crippen LogP contribution is -2.30. The summed E-state index contributed by atoms with van der Waals surface area (Å²) >= 11 is 1.59. The molecule has 0 radical (unpaired) electrons. The lowest BCUT2D eigenvalue weighted by Gasteiger charge is -2.14. The van der Waals surface area contributed by atoms with Crippen LogP contribution in [0.15, 0.2) is 12.1 Å². The van der Waals surface area contributed by atoms with Crippen molar-refractivity contribution in [3.8, 4) is 11.8 Å². The van der Waals surface area contributed by atoms with Crippen molar-refractivity contribution in [2.45, 2.75) is 52.5 Å². The fraction of sp³-hybridized carbons (Fsp3) is 0.588. The molecule has 116 valence electrons. The summed E-state index contributed by atoms with van der Waals surface area (Å²) in [6, 6.07) is 3.97. The summed E-state index contributed by atoms with van der Waals surface area (Å²) in [5, 5.41) is 11.7. The van der Waals surface area contributed by atoms with E-state index in [1.165, 1.54) is 0 Å². The van der Waals surface area contributed by atoms with Crippen molar-refractivity contribution in [1.82, 2.24) is 5.32 Å². The van der Waals surface area contributed by atoms with Crippen molar-refractivity contribution in [2.24, 2.45) is 5.92 Å². The topological polar surface area (TPSA) is 49.3 Å². The van der Waals surface area contributed by atoms with Gasteiger partial charge < -0.3 is 10.4 Å². The predicted octanol–water partition coefficient (Wildman–Crippen LogP) is 3.31. The van der Waals surface area contributed by atoms with Crippen molar-refractivity contribution in [3.63, 3.8) is 0 Å². The maximum Gasteiger partial charge on any atom is 0.223 e.